The Labute approximate surface area is 111 Å². The van der Waals surface area contributed by atoms with Crippen LogP contribution in [-0.2, 0) is 14.8 Å². The largest absolute Gasteiger partial charge is 0.388 e. The van der Waals surface area contributed by atoms with E-state index in [1.807, 2.05) is 0 Å². The van der Waals surface area contributed by atoms with Crippen LogP contribution in [0.25, 0.3) is 0 Å². The average molecular weight is 287 g/mol. The SMILES string of the molecule is NC(=S)c1ncccc1S(=O)(=O)N1CCOCC1. The van der Waals surface area contributed by atoms with Gasteiger partial charge in [0, 0.05) is 19.3 Å². The van der Waals surface area contributed by atoms with E-state index in [9.17, 15) is 8.42 Å². The number of thiocarbonyl (C=S) groups is 1. The van der Waals surface area contributed by atoms with Crippen LogP contribution in [0.2, 0.25) is 0 Å². The Morgan fingerprint density at radius 1 is 1.44 bits per heavy atom. The number of rotatable bonds is 3. The normalized spacial score (nSPS) is 17.6. The number of ether oxygens (including phenoxy) is 1. The monoisotopic (exact) mass is 287 g/mol. The number of hydrogen-bond donors (Lipinski definition) is 1. The number of nitrogens with zero attached hydrogens (tertiary/aromatic N) is 2. The third-order valence-corrected chi connectivity index (χ3v) is 4.72. The number of sulfonamides is 1. The summed E-state index contributed by atoms with van der Waals surface area (Å²) >= 11 is 4.83. The second-order valence-electron chi connectivity index (χ2n) is 3.73. The number of aromatic nitrogens is 1. The molecule has 1 aromatic heterocycles. The van der Waals surface area contributed by atoms with E-state index in [0.717, 1.165) is 0 Å². The standard InChI is InChI=1S/C10H13N3O3S2/c11-10(17)9-8(2-1-3-12-9)18(14,15)13-4-6-16-7-5-13/h1-3H,4-7H2,(H2,11,17). The van der Waals surface area contributed by atoms with Crippen molar-refractivity contribution in [3.8, 4) is 0 Å². The highest BCUT2D eigenvalue weighted by Gasteiger charge is 2.29. The molecule has 18 heavy (non-hydrogen) atoms. The van der Waals surface area contributed by atoms with Gasteiger partial charge in [0.1, 0.15) is 15.6 Å². The molecule has 0 spiro atoms. The summed E-state index contributed by atoms with van der Waals surface area (Å²) in [7, 11) is -3.61. The van der Waals surface area contributed by atoms with Gasteiger partial charge in [0.2, 0.25) is 10.0 Å². The van der Waals surface area contributed by atoms with Crippen LogP contribution in [0.1, 0.15) is 5.69 Å². The zero-order valence-corrected chi connectivity index (χ0v) is 11.2. The van der Waals surface area contributed by atoms with Crippen molar-refractivity contribution in [1.82, 2.24) is 9.29 Å². The highest BCUT2D eigenvalue weighted by Crippen LogP contribution is 2.19. The summed E-state index contributed by atoms with van der Waals surface area (Å²) in [6.07, 6.45) is 1.47. The predicted octanol–water partition coefficient (Wildman–Crippen LogP) is -0.263. The lowest BCUT2D eigenvalue weighted by molar-refractivity contribution is 0.0730. The summed E-state index contributed by atoms with van der Waals surface area (Å²) in [5, 5.41) is 0. The Bertz CT molecular complexity index is 553. The van der Waals surface area contributed by atoms with Crippen molar-refractivity contribution in [3.63, 3.8) is 0 Å². The van der Waals surface area contributed by atoms with Crippen LogP contribution < -0.4 is 5.73 Å². The minimum atomic E-state index is -3.61. The van der Waals surface area contributed by atoms with Crippen molar-refractivity contribution in [2.24, 2.45) is 5.73 Å². The Kier molecular flexibility index (Phi) is 3.91. The van der Waals surface area contributed by atoms with Gasteiger partial charge in [-0.2, -0.15) is 4.31 Å². The average Bonchev–Trinajstić information content (AvgIpc) is 2.39. The van der Waals surface area contributed by atoms with E-state index in [1.165, 1.54) is 16.6 Å². The molecule has 0 bridgehead atoms. The third kappa shape index (κ3) is 2.51. The van der Waals surface area contributed by atoms with Crippen molar-refractivity contribution in [3.05, 3.63) is 24.0 Å². The zero-order chi connectivity index (χ0) is 13.2. The maximum atomic E-state index is 12.4. The van der Waals surface area contributed by atoms with Gasteiger partial charge in [0.25, 0.3) is 0 Å². The number of morpholine rings is 1. The fourth-order valence-corrected chi connectivity index (χ4v) is 3.50. The van der Waals surface area contributed by atoms with E-state index in [1.54, 1.807) is 6.07 Å². The zero-order valence-electron chi connectivity index (χ0n) is 9.57. The van der Waals surface area contributed by atoms with E-state index in [2.05, 4.69) is 4.98 Å². The summed E-state index contributed by atoms with van der Waals surface area (Å²) in [4.78, 5) is 3.97. The first-order chi connectivity index (χ1) is 8.53. The van der Waals surface area contributed by atoms with E-state index in [-0.39, 0.29) is 15.6 Å². The Morgan fingerprint density at radius 2 is 2.11 bits per heavy atom. The number of hydrogen-bond acceptors (Lipinski definition) is 5. The Balaban J connectivity index is 2.43. The second-order valence-corrected chi connectivity index (χ2v) is 6.08. The van der Waals surface area contributed by atoms with Crippen LogP contribution in [0, 0.1) is 0 Å². The van der Waals surface area contributed by atoms with E-state index in [4.69, 9.17) is 22.7 Å². The summed E-state index contributed by atoms with van der Waals surface area (Å²) in [6.45, 7) is 1.44. The lowest BCUT2D eigenvalue weighted by Gasteiger charge is -2.26. The summed E-state index contributed by atoms with van der Waals surface area (Å²) in [6, 6.07) is 3.02. The van der Waals surface area contributed by atoms with Crippen LogP contribution in [-0.4, -0.2) is 49.0 Å². The number of nitrogens with two attached hydrogens (primary N) is 1. The lowest BCUT2D eigenvalue weighted by atomic mass is 10.3. The molecule has 2 N–H and O–H groups in total. The molecule has 1 aliphatic rings. The van der Waals surface area contributed by atoms with Crippen molar-refractivity contribution in [1.29, 1.82) is 0 Å². The molecule has 8 heteroatoms. The molecule has 0 atom stereocenters. The quantitative estimate of drug-likeness (QED) is 0.771. The van der Waals surface area contributed by atoms with E-state index < -0.39 is 10.0 Å². The van der Waals surface area contributed by atoms with Gasteiger partial charge in [-0.3, -0.25) is 4.98 Å². The molecule has 0 aromatic carbocycles. The van der Waals surface area contributed by atoms with Crippen molar-refractivity contribution < 1.29 is 13.2 Å². The molecule has 0 saturated carbocycles. The van der Waals surface area contributed by atoms with Crippen LogP contribution in [0.5, 0.6) is 0 Å². The maximum Gasteiger partial charge on any atom is 0.245 e. The molecular weight excluding hydrogens is 274 g/mol. The molecule has 1 aliphatic heterocycles. The van der Waals surface area contributed by atoms with Gasteiger partial charge in [-0.1, -0.05) is 12.2 Å². The van der Waals surface area contributed by atoms with Crippen LogP contribution in [0.4, 0.5) is 0 Å². The summed E-state index contributed by atoms with van der Waals surface area (Å²) in [5.74, 6) is 0. The first-order valence-electron chi connectivity index (χ1n) is 5.36. The minimum Gasteiger partial charge on any atom is -0.388 e. The van der Waals surface area contributed by atoms with Gasteiger partial charge in [0.15, 0.2) is 0 Å². The van der Waals surface area contributed by atoms with Crippen molar-refractivity contribution in [2.45, 2.75) is 4.90 Å². The molecule has 6 nitrogen and oxygen atoms in total. The van der Waals surface area contributed by atoms with Gasteiger partial charge in [-0.15, -0.1) is 0 Å². The Hall–Kier alpha value is -1.09. The van der Waals surface area contributed by atoms with Gasteiger partial charge < -0.3 is 10.5 Å². The Morgan fingerprint density at radius 3 is 2.72 bits per heavy atom. The molecule has 98 valence electrons. The lowest BCUT2D eigenvalue weighted by Crippen LogP contribution is -2.41. The van der Waals surface area contributed by atoms with Crippen molar-refractivity contribution in [2.75, 3.05) is 26.3 Å². The predicted molar refractivity (Wildman–Crippen MR) is 69.7 cm³/mol. The highest BCUT2D eigenvalue weighted by molar-refractivity contribution is 7.89. The minimum absolute atomic E-state index is 0.0255. The topological polar surface area (TPSA) is 85.5 Å². The summed E-state index contributed by atoms with van der Waals surface area (Å²) < 4.78 is 31.3. The van der Waals surface area contributed by atoms with Gasteiger partial charge in [-0.25, -0.2) is 8.42 Å². The fourth-order valence-electron chi connectivity index (χ4n) is 1.71. The second kappa shape index (κ2) is 5.27. The first kappa shape index (κ1) is 13.3. The number of pyridine rings is 1. The molecule has 2 rings (SSSR count). The van der Waals surface area contributed by atoms with Crippen LogP contribution in [0.15, 0.2) is 23.2 Å². The van der Waals surface area contributed by atoms with Crippen LogP contribution in [0.3, 0.4) is 0 Å². The molecule has 0 amide bonds. The van der Waals surface area contributed by atoms with Gasteiger partial charge in [-0.05, 0) is 12.1 Å². The fraction of sp³-hybridized carbons (Fsp3) is 0.400. The highest BCUT2D eigenvalue weighted by atomic mass is 32.2. The van der Waals surface area contributed by atoms with E-state index >= 15 is 0 Å². The van der Waals surface area contributed by atoms with Crippen LogP contribution >= 0.6 is 12.2 Å². The van der Waals surface area contributed by atoms with E-state index in [0.29, 0.717) is 26.3 Å². The third-order valence-electron chi connectivity index (χ3n) is 2.59. The van der Waals surface area contributed by atoms with Gasteiger partial charge in [0.05, 0.1) is 13.2 Å². The molecule has 0 unspecified atom stereocenters. The maximum absolute atomic E-state index is 12.4. The smallest absolute Gasteiger partial charge is 0.245 e. The molecular formula is C10H13N3O3S2. The molecule has 0 aliphatic carbocycles. The summed E-state index contributed by atoms with van der Waals surface area (Å²) in [5.41, 5.74) is 5.64. The molecule has 1 fully saturated rings. The molecule has 1 saturated heterocycles. The van der Waals surface area contributed by atoms with Crippen molar-refractivity contribution >= 4 is 27.2 Å². The first-order valence-corrected chi connectivity index (χ1v) is 7.21. The van der Waals surface area contributed by atoms with Gasteiger partial charge >= 0.3 is 0 Å². The molecule has 0 radical (unpaired) electrons. The molecule has 2 heterocycles. The molecule has 1 aromatic rings.